The van der Waals surface area contributed by atoms with E-state index < -0.39 is 10.5 Å². The van der Waals surface area contributed by atoms with Crippen molar-refractivity contribution < 1.29 is 9.66 Å². The molecule has 1 unspecified atom stereocenters. The second-order valence-electron chi connectivity index (χ2n) is 8.03. The van der Waals surface area contributed by atoms with E-state index in [0.717, 1.165) is 11.3 Å². The number of fused-ring (bicyclic) bond motifs is 1. The number of nitriles is 1. The summed E-state index contributed by atoms with van der Waals surface area (Å²) >= 11 is 7.04. The molecule has 0 radical (unpaired) electrons. The minimum Gasteiger partial charge on any atom is -0.379 e. The van der Waals surface area contributed by atoms with E-state index >= 15 is 0 Å². The molecular weight excluding hydrogens is 488 g/mol. The largest absolute Gasteiger partial charge is 0.379 e. The van der Waals surface area contributed by atoms with E-state index in [9.17, 15) is 20.2 Å². The molecule has 1 saturated heterocycles. The summed E-state index contributed by atoms with van der Waals surface area (Å²) in [6.07, 6.45) is 0. The number of benzene rings is 2. The summed E-state index contributed by atoms with van der Waals surface area (Å²) in [6.45, 7) is 1.59. The first-order valence-electron chi connectivity index (χ1n) is 10.9. The lowest BCUT2D eigenvalue weighted by atomic mass is 9.81. The van der Waals surface area contributed by atoms with Gasteiger partial charge in [0.25, 0.3) is 5.56 Å². The number of hydrogen-bond acceptors (Lipinski definition) is 7. The number of pyridine rings is 1. The molecule has 1 aliphatic heterocycles. The molecule has 0 N–H and O–H groups in total. The topological polar surface area (TPSA) is 101 Å². The van der Waals surface area contributed by atoms with Crippen molar-refractivity contribution in [3.05, 3.63) is 103 Å². The molecule has 1 aliphatic rings. The summed E-state index contributed by atoms with van der Waals surface area (Å²) in [4.78, 5) is 27.2. The molecule has 1 fully saturated rings. The Morgan fingerprint density at radius 2 is 1.74 bits per heavy atom. The van der Waals surface area contributed by atoms with Gasteiger partial charge in [-0.25, -0.2) is 0 Å². The van der Waals surface area contributed by atoms with Crippen LogP contribution in [-0.2, 0) is 10.3 Å². The van der Waals surface area contributed by atoms with E-state index in [1.165, 1.54) is 10.6 Å². The molecule has 0 spiro atoms. The molecule has 2 aromatic carbocycles. The number of hydrogen-bond donors (Lipinski definition) is 0. The van der Waals surface area contributed by atoms with Gasteiger partial charge in [-0.05, 0) is 47.2 Å². The van der Waals surface area contributed by atoms with Gasteiger partial charge in [0.1, 0.15) is 4.83 Å². The molecule has 1 atom stereocenters. The SMILES string of the molecule is N#CC(c1ccc(Cl)cc1)(c1c([N+](=O)[O-])sc2c1ccc(=O)n2-c1ccccc1)N1CCOCC1. The monoisotopic (exact) mass is 506 g/mol. The Bertz CT molecular complexity index is 1500. The van der Waals surface area contributed by atoms with Gasteiger partial charge >= 0.3 is 5.00 Å². The van der Waals surface area contributed by atoms with E-state index in [2.05, 4.69) is 6.07 Å². The molecule has 0 saturated carbocycles. The Labute approximate surface area is 209 Å². The Hall–Kier alpha value is -3.55. The predicted octanol–water partition coefficient (Wildman–Crippen LogP) is 4.71. The van der Waals surface area contributed by atoms with Gasteiger partial charge < -0.3 is 4.74 Å². The Kier molecular flexibility index (Phi) is 6.13. The molecule has 176 valence electrons. The van der Waals surface area contributed by atoms with Crippen LogP contribution in [0.1, 0.15) is 11.1 Å². The maximum absolute atomic E-state index is 12.9. The summed E-state index contributed by atoms with van der Waals surface area (Å²) in [6, 6.07) is 21.1. The van der Waals surface area contributed by atoms with Gasteiger partial charge in [0, 0.05) is 29.6 Å². The number of ether oxygens (including phenoxy) is 1. The van der Waals surface area contributed by atoms with Crippen LogP contribution in [0.2, 0.25) is 5.02 Å². The molecule has 0 bridgehead atoms. The van der Waals surface area contributed by atoms with Crippen LogP contribution in [0.15, 0.2) is 71.5 Å². The maximum atomic E-state index is 12.9. The number of aromatic nitrogens is 1. The first-order chi connectivity index (χ1) is 17.0. The molecule has 0 aliphatic carbocycles. The van der Waals surface area contributed by atoms with Gasteiger partial charge in [0.15, 0.2) is 5.54 Å². The fraction of sp³-hybridized carbons (Fsp3) is 0.200. The highest BCUT2D eigenvalue weighted by Gasteiger charge is 2.48. The Morgan fingerprint density at radius 3 is 2.37 bits per heavy atom. The van der Waals surface area contributed by atoms with Gasteiger partial charge in [-0.15, -0.1) is 0 Å². The summed E-state index contributed by atoms with van der Waals surface area (Å²) in [5, 5.41) is 24.0. The fourth-order valence-electron chi connectivity index (χ4n) is 4.64. The molecule has 10 heteroatoms. The summed E-state index contributed by atoms with van der Waals surface area (Å²) in [5.74, 6) is 0. The summed E-state index contributed by atoms with van der Waals surface area (Å²) in [7, 11) is 0. The van der Waals surface area contributed by atoms with E-state index in [0.29, 0.717) is 52.8 Å². The Morgan fingerprint density at radius 1 is 1.06 bits per heavy atom. The predicted molar refractivity (Wildman–Crippen MR) is 134 cm³/mol. The lowest BCUT2D eigenvalue weighted by Crippen LogP contribution is -2.51. The van der Waals surface area contributed by atoms with Crippen LogP contribution in [0, 0.1) is 21.4 Å². The molecule has 3 heterocycles. The van der Waals surface area contributed by atoms with Crippen molar-refractivity contribution in [1.82, 2.24) is 9.47 Å². The molecule has 2 aromatic heterocycles. The summed E-state index contributed by atoms with van der Waals surface area (Å²) in [5.41, 5.74) is -0.406. The first-order valence-corrected chi connectivity index (χ1v) is 12.1. The minimum absolute atomic E-state index is 0.182. The standard InChI is InChI=1S/C25H19ClN4O4S/c26-18-8-6-17(7-9-18)25(16-27,28-12-14-34-15-13-28)22-20-10-11-21(31)29(19-4-2-1-3-5-19)23(20)35-24(22)30(32)33/h1-11H,12-15H2. The van der Waals surface area contributed by atoms with Crippen LogP contribution in [-0.4, -0.2) is 40.7 Å². The smallest absolute Gasteiger partial charge is 0.333 e. The molecule has 4 aromatic rings. The number of rotatable bonds is 5. The third-order valence-corrected chi connectivity index (χ3v) is 7.57. The van der Waals surface area contributed by atoms with Crippen LogP contribution < -0.4 is 5.56 Å². The number of halogens is 1. The number of nitro groups is 1. The van der Waals surface area contributed by atoms with Crippen LogP contribution in [0.5, 0.6) is 0 Å². The van der Waals surface area contributed by atoms with Crippen molar-refractivity contribution in [2.45, 2.75) is 5.54 Å². The molecule has 35 heavy (non-hydrogen) atoms. The third-order valence-electron chi connectivity index (χ3n) is 6.17. The van der Waals surface area contributed by atoms with E-state index in [4.69, 9.17) is 16.3 Å². The van der Waals surface area contributed by atoms with Crippen molar-refractivity contribution in [3.8, 4) is 11.8 Å². The quantitative estimate of drug-likeness (QED) is 0.287. The molecule has 0 amide bonds. The first kappa shape index (κ1) is 23.2. The van der Waals surface area contributed by atoms with Gasteiger partial charge in [0.05, 0.1) is 35.5 Å². The highest BCUT2D eigenvalue weighted by Crippen LogP contribution is 2.49. The van der Waals surface area contributed by atoms with Crippen molar-refractivity contribution in [2.24, 2.45) is 0 Å². The highest BCUT2D eigenvalue weighted by atomic mass is 35.5. The Balaban J connectivity index is 1.90. The van der Waals surface area contributed by atoms with Crippen molar-refractivity contribution in [1.29, 1.82) is 5.26 Å². The van der Waals surface area contributed by atoms with Gasteiger partial charge in [0.2, 0.25) is 0 Å². The average molecular weight is 507 g/mol. The second kappa shape index (κ2) is 9.24. The average Bonchev–Trinajstić information content (AvgIpc) is 3.27. The van der Waals surface area contributed by atoms with Crippen molar-refractivity contribution in [3.63, 3.8) is 0 Å². The maximum Gasteiger partial charge on any atom is 0.333 e. The number of thiophene rings is 1. The van der Waals surface area contributed by atoms with Crippen molar-refractivity contribution in [2.75, 3.05) is 26.3 Å². The zero-order valence-corrected chi connectivity index (χ0v) is 20.0. The molecule has 8 nitrogen and oxygen atoms in total. The lowest BCUT2D eigenvalue weighted by Gasteiger charge is -2.40. The second-order valence-corrected chi connectivity index (χ2v) is 9.44. The fourth-order valence-corrected chi connectivity index (χ4v) is 5.95. The molecular formula is C25H19ClN4O4S. The number of nitrogens with zero attached hydrogens (tertiary/aromatic N) is 4. The van der Waals surface area contributed by atoms with Crippen molar-refractivity contribution >= 4 is 38.2 Å². The van der Waals surface area contributed by atoms with Crippen LogP contribution in [0.25, 0.3) is 15.9 Å². The van der Waals surface area contributed by atoms with Crippen LogP contribution in [0.3, 0.4) is 0 Å². The van der Waals surface area contributed by atoms with E-state index in [-0.39, 0.29) is 16.1 Å². The van der Waals surface area contributed by atoms with Gasteiger partial charge in [-0.2, -0.15) is 5.26 Å². The van der Waals surface area contributed by atoms with Crippen LogP contribution in [0.4, 0.5) is 5.00 Å². The van der Waals surface area contributed by atoms with E-state index in [1.54, 1.807) is 54.6 Å². The highest BCUT2D eigenvalue weighted by molar-refractivity contribution is 7.22. The minimum atomic E-state index is -1.49. The zero-order valence-electron chi connectivity index (χ0n) is 18.4. The zero-order chi connectivity index (χ0) is 24.6. The third kappa shape index (κ3) is 3.81. The number of morpholine rings is 1. The lowest BCUT2D eigenvalue weighted by molar-refractivity contribution is -0.381. The van der Waals surface area contributed by atoms with Crippen LogP contribution >= 0.6 is 22.9 Å². The number of para-hydroxylation sites is 1. The summed E-state index contributed by atoms with van der Waals surface area (Å²) < 4.78 is 6.98. The van der Waals surface area contributed by atoms with Gasteiger partial charge in [-0.1, -0.05) is 41.9 Å². The molecule has 5 rings (SSSR count). The van der Waals surface area contributed by atoms with E-state index in [1.807, 2.05) is 11.0 Å². The van der Waals surface area contributed by atoms with Gasteiger partial charge in [-0.3, -0.25) is 24.4 Å². The normalized spacial score (nSPS) is 16.0.